The zero-order chi connectivity index (χ0) is 32.8. The second-order valence-electron chi connectivity index (χ2n) is 12.7. The monoisotopic (exact) mass is 636 g/mol. The smallest absolute Gasteiger partial charge is 0.308 e. The summed E-state index contributed by atoms with van der Waals surface area (Å²) in [7, 11) is 5.65. The number of hydrogen-bond acceptors (Lipinski definition) is 8. The van der Waals surface area contributed by atoms with Crippen molar-refractivity contribution in [2.75, 3.05) is 60.7 Å². The molecule has 11 nitrogen and oxygen atoms in total. The summed E-state index contributed by atoms with van der Waals surface area (Å²) in [5, 5.41) is 23.3. The molecule has 2 aliphatic rings. The lowest BCUT2D eigenvalue weighted by atomic mass is 9.84. The van der Waals surface area contributed by atoms with Gasteiger partial charge in [-0.2, -0.15) is 0 Å². The van der Waals surface area contributed by atoms with Gasteiger partial charge in [-0.25, -0.2) is 0 Å². The molecule has 1 saturated heterocycles. The number of methoxy groups -OCH3 is 1. The van der Waals surface area contributed by atoms with E-state index in [4.69, 9.17) is 14.2 Å². The molecule has 3 heterocycles. The molecule has 2 aliphatic heterocycles. The molecule has 46 heavy (non-hydrogen) atoms. The summed E-state index contributed by atoms with van der Waals surface area (Å²) in [6.07, 6.45) is 6.15. The molecule has 0 unspecified atom stereocenters. The van der Waals surface area contributed by atoms with Gasteiger partial charge in [0.15, 0.2) is 17.4 Å². The van der Waals surface area contributed by atoms with E-state index in [2.05, 4.69) is 25.9 Å². The molecule has 3 aromatic rings. The summed E-state index contributed by atoms with van der Waals surface area (Å²) in [5.74, 6) is -0.431. The van der Waals surface area contributed by atoms with Crippen LogP contribution in [0.5, 0.6) is 23.1 Å². The number of aromatic hydroxyl groups is 1. The van der Waals surface area contributed by atoms with E-state index in [9.17, 15) is 19.8 Å². The van der Waals surface area contributed by atoms with E-state index in [1.54, 1.807) is 11.7 Å². The highest BCUT2D eigenvalue weighted by molar-refractivity contribution is 5.87. The number of ether oxygens (including phenoxy) is 3. The fourth-order valence-electron chi connectivity index (χ4n) is 6.91. The van der Waals surface area contributed by atoms with Crippen molar-refractivity contribution < 1.29 is 34.0 Å². The lowest BCUT2D eigenvalue weighted by molar-refractivity contribution is -0.144. The molecule has 0 radical (unpaired) electrons. The number of nitrogens with zero attached hydrogens (tertiary/aromatic N) is 4. The summed E-state index contributed by atoms with van der Waals surface area (Å²) < 4.78 is 18.6. The number of rotatable bonds is 16. The molecule has 1 amide bonds. The number of carbonyl (C=O) groups excluding carboxylic acids is 1. The van der Waals surface area contributed by atoms with Gasteiger partial charge in [-0.1, -0.05) is 31.5 Å². The zero-order valence-corrected chi connectivity index (χ0v) is 27.5. The molecule has 11 heteroatoms. The second-order valence-corrected chi connectivity index (χ2v) is 12.7. The fraction of sp³-hybridized carbons (Fsp3) is 0.543. The number of carboxylic acids is 1. The lowest BCUT2D eigenvalue weighted by Gasteiger charge is -2.30. The SMILES string of the molecule is CCCCN(CCCCN(C)C)C(=O)CN1C[C@H](c2cc(OC)c3c(c2)OCO3)[C@@H](C(=O)O)[C@@H]1CCn1cc2ccccc2c1O. The third-order valence-electron chi connectivity index (χ3n) is 9.33. The fourth-order valence-corrected chi connectivity index (χ4v) is 6.91. The number of likely N-dealkylation sites (tertiary alicyclic amines) is 1. The number of hydrogen-bond donors (Lipinski definition) is 2. The maximum atomic E-state index is 13.9. The number of fused-ring (bicyclic) bond motifs is 2. The number of amides is 1. The highest BCUT2D eigenvalue weighted by Gasteiger charge is 2.47. The summed E-state index contributed by atoms with van der Waals surface area (Å²) in [4.78, 5) is 33.1. The number of carboxylic acid groups (broad SMARTS) is 1. The Labute approximate surface area is 271 Å². The molecule has 5 rings (SSSR count). The van der Waals surface area contributed by atoms with Gasteiger partial charge in [-0.15, -0.1) is 0 Å². The van der Waals surface area contributed by atoms with Crippen molar-refractivity contribution in [1.29, 1.82) is 0 Å². The minimum Gasteiger partial charge on any atom is -0.494 e. The molecule has 2 aromatic carbocycles. The third kappa shape index (κ3) is 7.36. The Morgan fingerprint density at radius 2 is 1.83 bits per heavy atom. The van der Waals surface area contributed by atoms with Crippen LogP contribution in [0.25, 0.3) is 10.8 Å². The largest absolute Gasteiger partial charge is 0.494 e. The first kappa shape index (κ1) is 33.4. The number of benzene rings is 2. The number of aliphatic carboxylic acids is 1. The van der Waals surface area contributed by atoms with Crippen LogP contribution < -0.4 is 14.2 Å². The second kappa shape index (κ2) is 15.1. The van der Waals surface area contributed by atoms with E-state index >= 15 is 0 Å². The van der Waals surface area contributed by atoms with Crippen LogP contribution in [0.4, 0.5) is 0 Å². The van der Waals surface area contributed by atoms with E-state index in [0.717, 1.165) is 48.6 Å². The standard InChI is InChI=1S/C35H48N4O7/c1-5-6-15-37(16-10-9-14-36(2)3)31(40)22-39-21-27(25-18-29(44-4)33-30(19-25)45-23-46-33)32(35(42)43)28(39)13-17-38-20-24-11-7-8-12-26(24)34(38)41/h7-8,11-12,18-20,27-28,32,41H,5-6,9-10,13-17,21-23H2,1-4H3,(H,42,43)/t27-,28+,32-/m1/s1. The summed E-state index contributed by atoms with van der Waals surface area (Å²) >= 11 is 0. The Morgan fingerprint density at radius 1 is 1.07 bits per heavy atom. The topological polar surface area (TPSA) is 117 Å². The van der Waals surface area contributed by atoms with Crippen molar-refractivity contribution in [3.05, 3.63) is 48.2 Å². The van der Waals surface area contributed by atoms with Crippen LogP contribution >= 0.6 is 0 Å². The molecule has 1 aromatic heterocycles. The first-order valence-corrected chi connectivity index (χ1v) is 16.4. The molecule has 0 saturated carbocycles. The van der Waals surface area contributed by atoms with Gasteiger partial charge in [-0.05, 0) is 70.1 Å². The Balaban J connectivity index is 1.43. The molecule has 0 bridgehead atoms. The van der Waals surface area contributed by atoms with E-state index < -0.39 is 23.8 Å². The van der Waals surface area contributed by atoms with Crippen molar-refractivity contribution in [3.63, 3.8) is 0 Å². The molecule has 2 N–H and O–H groups in total. The molecule has 0 aliphatic carbocycles. The number of carbonyl (C=O) groups is 2. The van der Waals surface area contributed by atoms with Crippen molar-refractivity contribution in [3.8, 4) is 23.1 Å². The van der Waals surface area contributed by atoms with E-state index in [1.807, 2.05) is 52.4 Å². The van der Waals surface area contributed by atoms with Gasteiger partial charge in [0.05, 0.1) is 19.6 Å². The Bertz CT molecular complexity index is 1510. The quantitative estimate of drug-likeness (QED) is 0.217. The minimum absolute atomic E-state index is 0.0194. The Kier molecular flexibility index (Phi) is 11.0. The molecule has 0 spiro atoms. The van der Waals surface area contributed by atoms with E-state index in [1.165, 1.54) is 0 Å². The van der Waals surface area contributed by atoms with Crippen LogP contribution in [0.3, 0.4) is 0 Å². The molecule has 3 atom stereocenters. The molecular weight excluding hydrogens is 588 g/mol. The highest BCUT2D eigenvalue weighted by atomic mass is 16.7. The minimum atomic E-state index is -0.921. The normalized spacial score (nSPS) is 19.3. The molecular formula is C35H48N4O7. The average molecular weight is 637 g/mol. The summed E-state index contributed by atoms with van der Waals surface area (Å²) in [6.45, 7) is 5.44. The van der Waals surface area contributed by atoms with Crippen molar-refractivity contribution in [2.24, 2.45) is 5.92 Å². The molecule has 1 fully saturated rings. The maximum absolute atomic E-state index is 13.9. The van der Waals surface area contributed by atoms with Gasteiger partial charge in [0.1, 0.15) is 0 Å². The summed E-state index contributed by atoms with van der Waals surface area (Å²) in [5.41, 5.74) is 0.773. The first-order chi connectivity index (χ1) is 22.2. The van der Waals surface area contributed by atoms with Gasteiger partial charge < -0.3 is 38.8 Å². The van der Waals surface area contributed by atoms with Crippen LogP contribution in [-0.2, 0) is 16.1 Å². The predicted molar refractivity (Wildman–Crippen MR) is 176 cm³/mol. The predicted octanol–water partition coefficient (Wildman–Crippen LogP) is 4.61. The van der Waals surface area contributed by atoms with Gasteiger partial charge >= 0.3 is 5.97 Å². The van der Waals surface area contributed by atoms with Crippen molar-refractivity contribution in [1.82, 2.24) is 19.3 Å². The number of aryl methyl sites for hydroxylation is 1. The Hall–Kier alpha value is -3.96. The van der Waals surface area contributed by atoms with Crippen LogP contribution in [-0.4, -0.2) is 108 Å². The zero-order valence-electron chi connectivity index (χ0n) is 27.5. The maximum Gasteiger partial charge on any atom is 0.308 e. The highest BCUT2D eigenvalue weighted by Crippen LogP contribution is 2.47. The lowest BCUT2D eigenvalue weighted by Crippen LogP contribution is -2.45. The third-order valence-corrected chi connectivity index (χ3v) is 9.33. The average Bonchev–Trinajstić information content (AvgIpc) is 3.74. The van der Waals surface area contributed by atoms with Gasteiger partial charge in [-0.3, -0.25) is 14.5 Å². The van der Waals surface area contributed by atoms with Gasteiger partial charge in [0.25, 0.3) is 0 Å². The van der Waals surface area contributed by atoms with Crippen LogP contribution in [0.1, 0.15) is 50.5 Å². The van der Waals surface area contributed by atoms with Gasteiger partial charge in [0.2, 0.25) is 18.4 Å². The first-order valence-electron chi connectivity index (χ1n) is 16.4. The van der Waals surface area contributed by atoms with Crippen LogP contribution in [0.15, 0.2) is 42.6 Å². The number of aromatic nitrogens is 1. The van der Waals surface area contributed by atoms with Crippen LogP contribution in [0.2, 0.25) is 0 Å². The van der Waals surface area contributed by atoms with E-state index in [-0.39, 0.29) is 25.1 Å². The van der Waals surface area contributed by atoms with Crippen molar-refractivity contribution in [2.45, 2.75) is 57.5 Å². The van der Waals surface area contributed by atoms with Crippen LogP contribution in [0, 0.1) is 5.92 Å². The summed E-state index contributed by atoms with van der Waals surface area (Å²) in [6, 6.07) is 10.8. The number of unbranched alkanes of at least 4 members (excludes halogenated alkanes) is 2. The van der Waals surface area contributed by atoms with E-state index in [0.29, 0.717) is 49.8 Å². The van der Waals surface area contributed by atoms with Gasteiger partial charge in [0, 0.05) is 55.1 Å². The Morgan fingerprint density at radius 3 is 2.54 bits per heavy atom. The molecule has 250 valence electrons. The van der Waals surface area contributed by atoms with Crippen molar-refractivity contribution >= 4 is 22.6 Å².